The van der Waals surface area contributed by atoms with Gasteiger partial charge < -0.3 is 15.3 Å². The van der Waals surface area contributed by atoms with E-state index in [1.54, 1.807) is 24.4 Å². The first-order valence-corrected chi connectivity index (χ1v) is 12.5. The summed E-state index contributed by atoms with van der Waals surface area (Å²) >= 11 is 0. The molecule has 11 heteroatoms. The van der Waals surface area contributed by atoms with Gasteiger partial charge in [-0.3, -0.25) is 24.5 Å². The Morgan fingerprint density at radius 2 is 2.11 bits per heavy atom. The summed E-state index contributed by atoms with van der Waals surface area (Å²) in [7, 11) is 0. The van der Waals surface area contributed by atoms with Gasteiger partial charge in [-0.05, 0) is 67.2 Å². The summed E-state index contributed by atoms with van der Waals surface area (Å²) in [5.74, 6) is -0.850. The highest BCUT2D eigenvalue weighted by Gasteiger charge is 2.50. The molecule has 1 unspecified atom stereocenters. The molecule has 6 rings (SSSR count). The third kappa shape index (κ3) is 3.69. The Bertz CT molecular complexity index is 1270. The van der Waals surface area contributed by atoms with Gasteiger partial charge in [-0.25, -0.2) is 4.68 Å². The lowest BCUT2D eigenvalue weighted by Gasteiger charge is -2.29. The van der Waals surface area contributed by atoms with Gasteiger partial charge in [-0.2, -0.15) is 0 Å². The molecular weight excluding hydrogens is 464 g/mol. The summed E-state index contributed by atoms with van der Waals surface area (Å²) in [6, 6.07) is 4.56. The fraction of sp³-hybridized carbons (Fsp3) is 0.520. The average molecular weight is 493 g/mol. The van der Waals surface area contributed by atoms with Crippen molar-refractivity contribution in [1.82, 2.24) is 30.5 Å². The number of aliphatic hydroxyl groups is 1. The minimum Gasteiger partial charge on any atom is -0.396 e. The van der Waals surface area contributed by atoms with E-state index < -0.39 is 11.9 Å². The van der Waals surface area contributed by atoms with Crippen LogP contribution in [-0.4, -0.2) is 67.3 Å². The zero-order valence-corrected chi connectivity index (χ0v) is 19.8. The first-order valence-electron chi connectivity index (χ1n) is 12.5. The van der Waals surface area contributed by atoms with Crippen LogP contribution < -0.4 is 10.6 Å². The number of benzene rings is 1. The second-order valence-corrected chi connectivity index (χ2v) is 10.5. The van der Waals surface area contributed by atoms with Crippen LogP contribution in [0.1, 0.15) is 71.4 Å². The number of aromatic nitrogens is 3. The molecule has 2 saturated carbocycles. The Labute approximate surface area is 207 Å². The highest BCUT2D eigenvalue weighted by molar-refractivity contribution is 6.05. The molecule has 2 aliphatic heterocycles. The number of nitrogens with zero attached hydrogens (tertiary/aromatic N) is 4. The van der Waals surface area contributed by atoms with Gasteiger partial charge in [0.25, 0.3) is 11.8 Å². The summed E-state index contributed by atoms with van der Waals surface area (Å²) in [4.78, 5) is 51.0. The molecule has 0 spiro atoms. The minimum absolute atomic E-state index is 0.0179. The molecule has 4 amide bonds. The van der Waals surface area contributed by atoms with E-state index in [2.05, 4.69) is 20.9 Å². The van der Waals surface area contributed by atoms with Crippen LogP contribution in [-0.2, 0) is 16.1 Å². The largest absolute Gasteiger partial charge is 0.396 e. The number of carbonyl (C=O) groups is 4. The number of hydrogen-bond donors (Lipinski definition) is 3. The van der Waals surface area contributed by atoms with Crippen molar-refractivity contribution in [2.45, 2.75) is 63.6 Å². The van der Waals surface area contributed by atoms with E-state index in [-0.39, 0.29) is 54.4 Å². The van der Waals surface area contributed by atoms with Gasteiger partial charge in [0, 0.05) is 31.2 Å². The first-order chi connectivity index (χ1) is 17.4. The molecule has 2 aromatic rings. The molecule has 188 valence electrons. The van der Waals surface area contributed by atoms with E-state index in [0.717, 1.165) is 37.7 Å². The lowest BCUT2D eigenvalue weighted by Crippen LogP contribution is -2.52. The maximum atomic E-state index is 12.9. The monoisotopic (exact) mass is 492 g/mol. The van der Waals surface area contributed by atoms with Crippen LogP contribution in [0.25, 0.3) is 5.69 Å². The molecular formula is C25H28N6O5. The zero-order valence-electron chi connectivity index (χ0n) is 19.8. The summed E-state index contributed by atoms with van der Waals surface area (Å²) in [5, 5.41) is 23.5. The SMILES string of the molecule is O=C1CCC(N2Cc3cc(-n4cc(C(=O)N[C@@H]5C[C@@H]6CCC[C@]6(CO)C5)nn4)ccc3C2=O)C(=O)N1. The molecule has 2 aliphatic carbocycles. The van der Waals surface area contributed by atoms with Crippen LogP contribution in [0.4, 0.5) is 0 Å². The van der Waals surface area contributed by atoms with E-state index >= 15 is 0 Å². The predicted octanol–water partition coefficient (Wildman–Crippen LogP) is 0.699. The topological polar surface area (TPSA) is 147 Å². The van der Waals surface area contributed by atoms with Crippen molar-refractivity contribution in [2.24, 2.45) is 11.3 Å². The standard InChI is InChI=1S/C25H28N6O5/c32-13-25-7-1-2-15(25)9-16(10-25)26-22(34)19-12-31(29-28-19)17-3-4-18-14(8-17)11-30(24(18)36)20-5-6-21(33)27-23(20)35/h3-4,8,12,15-16,20,32H,1-2,5-7,9-11,13H2,(H,26,34)(H,27,33,35)/t15-,16+,20?,25+/m0/s1. The number of amides is 4. The van der Waals surface area contributed by atoms with Gasteiger partial charge in [0.05, 0.1) is 11.9 Å². The normalized spacial score (nSPS) is 29.3. The highest BCUT2D eigenvalue weighted by Crippen LogP contribution is 2.53. The molecule has 0 radical (unpaired) electrons. The minimum atomic E-state index is -0.673. The Hall–Kier alpha value is -3.60. The van der Waals surface area contributed by atoms with Gasteiger partial charge >= 0.3 is 0 Å². The molecule has 11 nitrogen and oxygen atoms in total. The van der Waals surface area contributed by atoms with E-state index in [0.29, 0.717) is 23.6 Å². The molecule has 3 N–H and O–H groups in total. The maximum absolute atomic E-state index is 12.9. The summed E-state index contributed by atoms with van der Waals surface area (Å²) in [5.41, 5.74) is 2.04. The van der Waals surface area contributed by atoms with Crippen molar-refractivity contribution in [3.05, 3.63) is 41.2 Å². The quantitative estimate of drug-likeness (QED) is 0.521. The van der Waals surface area contributed by atoms with Crippen molar-refractivity contribution >= 4 is 23.6 Å². The fourth-order valence-electron chi connectivity index (χ4n) is 6.60. The number of rotatable bonds is 5. The van der Waals surface area contributed by atoms with Gasteiger partial charge in [-0.1, -0.05) is 11.6 Å². The van der Waals surface area contributed by atoms with Crippen LogP contribution in [0.5, 0.6) is 0 Å². The Balaban J connectivity index is 1.14. The summed E-state index contributed by atoms with van der Waals surface area (Å²) in [6.07, 6.45) is 6.98. The number of nitrogens with one attached hydrogen (secondary N) is 2. The molecule has 4 aliphatic rings. The van der Waals surface area contributed by atoms with Crippen molar-refractivity contribution in [3.63, 3.8) is 0 Å². The second-order valence-electron chi connectivity index (χ2n) is 10.5. The van der Waals surface area contributed by atoms with E-state index in [1.807, 2.05) is 0 Å². The number of aliphatic hydroxyl groups excluding tert-OH is 1. The Morgan fingerprint density at radius 1 is 1.25 bits per heavy atom. The maximum Gasteiger partial charge on any atom is 0.273 e. The van der Waals surface area contributed by atoms with Gasteiger partial charge in [0.2, 0.25) is 11.8 Å². The van der Waals surface area contributed by atoms with E-state index in [4.69, 9.17) is 0 Å². The molecule has 1 saturated heterocycles. The van der Waals surface area contributed by atoms with Gasteiger partial charge in [0.1, 0.15) is 6.04 Å². The third-order valence-electron chi connectivity index (χ3n) is 8.46. The number of piperidine rings is 1. The molecule has 1 aromatic heterocycles. The lowest BCUT2D eigenvalue weighted by molar-refractivity contribution is -0.136. The predicted molar refractivity (Wildman–Crippen MR) is 125 cm³/mol. The van der Waals surface area contributed by atoms with Crippen LogP contribution in [0, 0.1) is 11.3 Å². The highest BCUT2D eigenvalue weighted by atomic mass is 16.3. The lowest BCUT2D eigenvalue weighted by atomic mass is 9.81. The van der Waals surface area contributed by atoms with Crippen molar-refractivity contribution in [3.8, 4) is 5.69 Å². The molecule has 3 fully saturated rings. The van der Waals surface area contributed by atoms with E-state index in [1.165, 1.54) is 9.58 Å². The van der Waals surface area contributed by atoms with Crippen molar-refractivity contribution in [2.75, 3.05) is 6.61 Å². The molecule has 36 heavy (non-hydrogen) atoms. The smallest absolute Gasteiger partial charge is 0.273 e. The van der Waals surface area contributed by atoms with Crippen LogP contribution in [0.2, 0.25) is 0 Å². The summed E-state index contributed by atoms with van der Waals surface area (Å²) < 4.78 is 1.49. The van der Waals surface area contributed by atoms with Crippen molar-refractivity contribution < 1.29 is 24.3 Å². The van der Waals surface area contributed by atoms with Crippen LogP contribution in [0.15, 0.2) is 24.4 Å². The molecule has 4 atom stereocenters. The Morgan fingerprint density at radius 3 is 2.89 bits per heavy atom. The first kappa shape index (κ1) is 22.8. The van der Waals surface area contributed by atoms with E-state index in [9.17, 15) is 24.3 Å². The third-order valence-corrected chi connectivity index (χ3v) is 8.46. The van der Waals surface area contributed by atoms with Crippen LogP contribution in [0.3, 0.4) is 0 Å². The molecule has 3 heterocycles. The summed E-state index contributed by atoms with van der Waals surface area (Å²) in [6.45, 7) is 0.424. The number of hydrogen-bond acceptors (Lipinski definition) is 7. The number of imide groups is 1. The van der Waals surface area contributed by atoms with Gasteiger partial charge in [0.15, 0.2) is 5.69 Å². The Kier molecular flexibility index (Phi) is 5.40. The zero-order chi connectivity index (χ0) is 25.0. The van der Waals surface area contributed by atoms with Crippen molar-refractivity contribution in [1.29, 1.82) is 0 Å². The second kappa shape index (κ2) is 8.51. The number of fused-ring (bicyclic) bond motifs is 2. The van der Waals surface area contributed by atoms with Gasteiger partial charge in [-0.15, -0.1) is 5.10 Å². The number of carbonyl (C=O) groups excluding carboxylic acids is 4. The van der Waals surface area contributed by atoms with Crippen LogP contribution >= 0.6 is 0 Å². The average Bonchev–Trinajstić information content (AvgIpc) is 3.62. The molecule has 1 aromatic carbocycles. The fourth-order valence-corrected chi connectivity index (χ4v) is 6.60. The molecule has 0 bridgehead atoms.